The van der Waals surface area contributed by atoms with Crippen LogP contribution in [0.5, 0.6) is 0 Å². The molecule has 0 aromatic rings. The zero-order chi connectivity index (χ0) is 21.7. The zero-order valence-electron chi connectivity index (χ0n) is 16.4. The highest BCUT2D eigenvalue weighted by molar-refractivity contribution is 5.92. The number of aliphatic hydroxyl groups is 1. The van der Waals surface area contributed by atoms with Gasteiger partial charge >= 0.3 is 17.9 Å². The molecule has 0 amide bonds. The second-order valence-electron chi connectivity index (χ2n) is 6.94. The van der Waals surface area contributed by atoms with E-state index in [4.69, 9.17) is 14.2 Å². The number of ether oxygens (including phenoxy) is 3. The van der Waals surface area contributed by atoms with E-state index in [1.807, 2.05) is 0 Å². The first kappa shape index (κ1) is 22.3. The molecule has 1 aliphatic carbocycles. The summed E-state index contributed by atoms with van der Waals surface area (Å²) in [5, 5.41) is 9.61. The van der Waals surface area contributed by atoms with Gasteiger partial charge in [0.2, 0.25) is 0 Å². The molecule has 0 spiro atoms. The molecule has 8 nitrogen and oxygen atoms in total. The minimum atomic E-state index is -1.27. The summed E-state index contributed by atoms with van der Waals surface area (Å²) < 4.78 is 16.2. The molecule has 1 unspecified atom stereocenters. The van der Waals surface area contributed by atoms with Crippen LogP contribution in [0.4, 0.5) is 0 Å². The Bertz CT molecular complexity index is 803. The van der Waals surface area contributed by atoms with E-state index in [-0.39, 0.29) is 23.3 Å². The minimum Gasteiger partial charge on any atom is -0.454 e. The molecule has 2 aliphatic rings. The molecule has 8 heteroatoms. The van der Waals surface area contributed by atoms with Crippen molar-refractivity contribution in [1.29, 1.82) is 0 Å². The molecule has 0 radical (unpaired) electrons. The molecule has 156 valence electrons. The van der Waals surface area contributed by atoms with Gasteiger partial charge in [0.15, 0.2) is 12.2 Å². The molecule has 0 bridgehead atoms. The van der Waals surface area contributed by atoms with Crippen molar-refractivity contribution in [1.82, 2.24) is 0 Å². The number of aldehydes is 1. The first-order valence-electron chi connectivity index (χ1n) is 9.08. The summed E-state index contributed by atoms with van der Waals surface area (Å²) in [4.78, 5) is 48.0. The average Bonchev–Trinajstić information content (AvgIpc) is 2.93. The summed E-state index contributed by atoms with van der Waals surface area (Å²) in [5.41, 5.74) is 0.745. The number of carbonyl (C=O) groups is 4. The van der Waals surface area contributed by atoms with Crippen LogP contribution in [0.1, 0.15) is 26.7 Å². The Morgan fingerprint density at radius 2 is 2.03 bits per heavy atom. The number of hydrogen-bond acceptors (Lipinski definition) is 8. The second kappa shape index (κ2) is 9.47. The van der Waals surface area contributed by atoms with Gasteiger partial charge in [-0.2, -0.15) is 0 Å². The van der Waals surface area contributed by atoms with Gasteiger partial charge in [-0.25, -0.2) is 9.59 Å². The summed E-state index contributed by atoms with van der Waals surface area (Å²) in [7, 11) is 0. The monoisotopic (exact) mass is 404 g/mol. The Morgan fingerprint density at radius 1 is 1.34 bits per heavy atom. The molecule has 2 rings (SSSR count). The van der Waals surface area contributed by atoms with Crippen LogP contribution >= 0.6 is 0 Å². The maximum Gasteiger partial charge on any atom is 0.334 e. The molecule has 0 saturated carbocycles. The summed E-state index contributed by atoms with van der Waals surface area (Å²) in [6, 6.07) is 0. The first-order valence-corrected chi connectivity index (χ1v) is 9.08. The van der Waals surface area contributed by atoms with Crippen LogP contribution in [0.25, 0.3) is 0 Å². The molecule has 29 heavy (non-hydrogen) atoms. The van der Waals surface area contributed by atoms with Gasteiger partial charge < -0.3 is 19.3 Å². The average molecular weight is 404 g/mol. The lowest BCUT2D eigenvalue weighted by atomic mass is 9.83. The molecule has 0 aromatic carbocycles. The van der Waals surface area contributed by atoms with Crippen molar-refractivity contribution in [2.75, 3.05) is 6.61 Å². The molecular weight excluding hydrogens is 380 g/mol. The summed E-state index contributed by atoms with van der Waals surface area (Å²) in [6.45, 7) is 9.59. The van der Waals surface area contributed by atoms with Crippen LogP contribution < -0.4 is 0 Å². The normalized spacial score (nSPS) is 30.6. The fourth-order valence-electron chi connectivity index (χ4n) is 3.28. The third-order valence-corrected chi connectivity index (χ3v) is 4.71. The van der Waals surface area contributed by atoms with E-state index in [2.05, 4.69) is 13.2 Å². The minimum absolute atomic E-state index is 0.00558. The van der Waals surface area contributed by atoms with Crippen molar-refractivity contribution in [3.8, 4) is 0 Å². The first-order chi connectivity index (χ1) is 13.7. The molecule has 1 N–H and O–H groups in total. The predicted molar refractivity (Wildman–Crippen MR) is 101 cm³/mol. The van der Waals surface area contributed by atoms with Crippen LogP contribution in [-0.4, -0.2) is 54.2 Å². The van der Waals surface area contributed by atoms with Crippen molar-refractivity contribution in [3.63, 3.8) is 0 Å². The number of fused-ring (bicyclic) bond motifs is 1. The van der Waals surface area contributed by atoms with Crippen LogP contribution in [0, 0.1) is 5.92 Å². The number of aliphatic hydroxyl groups excluding tert-OH is 1. The largest absolute Gasteiger partial charge is 0.454 e. The number of esters is 3. The van der Waals surface area contributed by atoms with Crippen molar-refractivity contribution >= 4 is 24.2 Å². The van der Waals surface area contributed by atoms with Crippen LogP contribution in [-0.2, 0) is 33.4 Å². The summed E-state index contributed by atoms with van der Waals surface area (Å²) >= 11 is 0. The quantitative estimate of drug-likeness (QED) is 0.240. The van der Waals surface area contributed by atoms with Gasteiger partial charge in [0.05, 0.1) is 12.5 Å². The van der Waals surface area contributed by atoms with E-state index < -0.39 is 42.1 Å². The third kappa shape index (κ3) is 5.08. The van der Waals surface area contributed by atoms with Gasteiger partial charge in [-0.15, -0.1) is 0 Å². The molecule has 4 atom stereocenters. The fraction of sp³-hybridized carbons (Fsp3) is 0.429. The zero-order valence-corrected chi connectivity index (χ0v) is 16.4. The van der Waals surface area contributed by atoms with Gasteiger partial charge in [0, 0.05) is 23.6 Å². The number of rotatable bonds is 5. The SMILES string of the molecule is C=C(C)C(=O)OC1[C@H]2C(=C)C(=O)O[C@@H]2/C=C(/CO)CC/C=C(/C=O)[C@@H]1OC(C)=O. The highest BCUT2D eigenvalue weighted by Gasteiger charge is 2.49. The van der Waals surface area contributed by atoms with E-state index in [0.29, 0.717) is 24.7 Å². The highest BCUT2D eigenvalue weighted by Crippen LogP contribution is 2.37. The van der Waals surface area contributed by atoms with Crippen molar-refractivity contribution in [2.24, 2.45) is 5.92 Å². The van der Waals surface area contributed by atoms with Crippen molar-refractivity contribution in [3.05, 3.63) is 47.6 Å². The van der Waals surface area contributed by atoms with Gasteiger partial charge in [-0.1, -0.05) is 19.2 Å². The lowest BCUT2D eigenvalue weighted by Crippen LogP contribution is -2.45. The number of allylic oxidation sites excluding steroid dienone is 1. The fourth-order valence-corrected chi connectivity index (χ4v) is 3.28. The van der Waals surface area contributed by atoms with E-state index in [0.717, 1.165) is 6.92 Å². The van der Waals surface area contributed by atoms with Crippen molar-refractivity contribution < 1.29 is 38.5 Å². The summed E-state index contributed by atoms with van der Waals surface area (Å²) in [5.74, 6) is -3.12. The van der Waals surface area contributed by atoms with Crippen LogP contribution in [0.2, 0.25) is 0 Å². The van der Waals surface area contributed by atoms with Crippen molar-refractivity contribution in [2.45, 2.75) is 45.0 Å². The van der Waals surface area contributed by atoms with E-state index in [1.165, 1.54) is 6.92 Å². The number of hydrogen-bond donors (Lipinski definition) is 1. The Hall–Kier alpha value is -3.00. The maximum absolute atomic E-state index is 12.3. The Labute approximate surface area is 168 Å². The molecule has 1 saturated heterocycles. The Kier molecular flexibility index (Phi) is 7.28. The molecule has 0 aromatic heterocycles. The smallest absolute Gasteiger partial charge is 0.334 e. The molecule has 1 aliphatic heterocycles. The molecule has 1 fully saturated rings. The van der Waals surface area contributed by atoms with Gasteiger partial charge in [0.25, 0.3) is 0 Å². The molecular formula is C21H24O8. The van der Waals surface area contributed by atoms with E-state index >= 15 is 0 Å². The van der Waals surface area contributed by atoms with Gasteiger partial charge in [-0.05, 0) is 31.4 Å². The second-order valence-corrected chi connectivity index (χ2v) is 6.94. The van der Waals surface area contributed by atoms with Gasteiger partial charge in [0.1, 0.15) is 12.4 Å². The molecule has 1 heterocycles. The van der Waals surface area contributed by atoms with Crippen LogP contribution in [0.3, 0.4) is 0 Å². The lowest BCUT2D eigenvalue weighted by molar-refractivity contribution is -0.166. The Morgan fingerprint density at radius 3 is 2.59 bits per heavy atom. The third-order valence-electron chi connectivity index (χ3n) is 4.71. The predicted octanol–water partition coefficient (Wildman–Crippen LogP) is 1.34. The number of carbonyl (C=O) groups excluding carboxylic acids is 4. The van der Waals surface area contributed by atoms with E-state index in [9.17, 15) is 24.3 Å². The van der Waals surface area contributed by atoms with Crippen LogP contribution in [0.15, 0.2) is 47.6 Å². The lowest BCUT2D eigenvalue weighted by Gasteiger charge is -2.33. The summed E-state index contributed by atoms with van der Waals surface area (Å²) in [6.07, 6.45) is 0.932. The van der Waals surface area contributed by atoms with Gasteiger partial charge in [-0.3, -0.25) is 9.59 Å². The Balaban J connectivity index is 2.65. The standard InChI is InChI=1S/C21H24O8/c1-11(2)20(25)29-19-17-12(3)21(26)28-16(17)8-14(9-22)6-5-7-15(10-23)18(19)27-13(4)24/h7-8,10,16-19,22H,1,3,5-6,9H2,2,4H3/b14-8+,15-7-/t16-,17+,18+,19?/m1/s1. The maximum atomic E-state index is 12.3. The van der Waals surface area contributed by atoms with E-state index in [1.54, 1.807) is 12.2 Å². The topological polar surface area (TPSA) is 116 Å². The highest BCUT2D eigenvalue weighted by atomic mass is 16.6.